The molecule has 0 spiro atoms. The number of nitrogens with two attached hydrogens (primary N) is 1. The Labute approximate surface area is 95.9 Å². The molecule has 1 saturated heterocycles. The molecule has 5 atom stereocenters. The van der Waals surface area contributed by atoms with E-state index >= 15 is 0 Å². The van der Waals surface area contributed by atoms with Crippen LogP contribution in [0.4, 0.5) is 0 Å². The molecular formula is C12H18N2S. The second-order valence-electron chi connectivity index (χ2n) is 4.64. The average Bonchev–Trinajstić information content (AvgIpc) is 3.00. The molecule has 0 bridgehead atoms. The Bertz CT molecular complexity index is 318. The SMILES string of the molecule is C/C=C1/CC1C1SC(N)CC(C#N)C1C. The van der Waals surface area contributed by atoms with Crippen molar-refractivity contribution in [2.45, 2.75) is 37.3 Å². The van der Waals surface area contributed by atoms with Crippen LogP contribution in [-0.2, 0) is 0 Å². The van der Waals surface area contributed by atoms with Gasteiger partial charge in [-0.2, -0.15) is 5.26 Å². The zero-order valence-electron chi connectivity index (χ0n) is 9.31. The van der Waals surface area contributed by atoms with E-state index < -0.39 is 0 Å². The van der Waals surface area contributed by atoms with Gasteiger partial charge in [-0.15, -0.1) is 11.8 Å². The summed E-state index contributed by atoms with van der Waals surface area (Å²) >= 11 is 1.89. The van der Waals surface area contributed by atoms with E-state index in [1.165, 1.54) is 6.42 Å². The van der Waals surface area contributed by atoms with Crippen LogP contribution in [-0.4, -0.2) is 10.6 Å². The van der Waals surface area contributed by atoms with Crippen LogP contribution in [0.2, 0.25) is 0 Å². The van der Waals surface area contributed by atoms with E-state index in [1.807, 2.05) is 11.8 Å². The third-order valence-corrected chi connectivity index (χ3v) is 5.29. The second kappa shape index (κ2) is 4.19. The van der Waals surface area contributed by atoms with Crippen molar-refractivity contribution in [1.82, 2.24) is 0 Å². The van der Waals surface area contributed by atoms with Crippen molar-refractivity contribution < 1.29 is 0 Å². The summed E-state index contributed by atoms with van der Waals surface area (Å²) in [7, 11) is 0. The van der Waals surface area contributed by atoms with Crippen molar-refractivity contribution in [3.63, 3.8) is 0 Å². The van der Waals surface area contributed by atoms with Crippen LogP contribution in [0.3, 0.4) is 0 Å². The van der Waals surface area contributed by atoms with E-state index in [9.17, 15) is 0 Å². The predicted molar refractivity (Wildman–Crippen MR) is 64.1 cm³/mol. The van der Waals surface area contributed by atoms with Crippen molar-refractivity contribution in [3.05, 3.63) is 11.6 Å². The lowest BCUT2D eigenvalue weighted by Gasteiger charge is -2.35. The number of nitriles is 1. The van der Waals surface area contributed by atoms with E-state index in [0.29, 0.717) is 17.1 Å². The predicted octanol–water partition coefficient (Wildman–Crippen LogP) is 2.52. The topological polar surface area (TPSA) is 49.8 Å². The van der Waals surface area contributed by atoms with Crippen LogP contribution >= 0.6 is 11.8 Å². The molecule has 2 fully saturated rings. The summed E-state index contributed by atoms with van der Waals surface area (Å²) in [6.07, 6.45) is 4.31. The Morgan fingerprint density at radius 3 is 2.87 bits per heavy atom. The molecule has 2 nitrogen and oxygen atoms in total. The Hall–Kier alpha value is -0.460. The van der Waals surface area contributed by atoms with Crippen LogP contribution in [0.15, 0.2) is 11.6 Å². The van der Waals surface area contributed by atoms with Crippen molar-refractivity contribution in [2.75, 3.05) is 0 Å². The van der Waals surface area contributed by atoms with Gasteiger partial charge >= 0.3 is 0 Å². The quantitative estimate of drug-likeness (QED) is 0.694. The summed E-state index contributed by atoms with van der Waals surface area (Å²) in [6.45, 7) is 4.32. The first-order chi connectivity index (χ1) is 7.17. The Morgan fingerprint density at radius 1 is 1.60 bits per heavy atom. The Kier molecular flexibility index (Phi) is 3.08. The summed E-state index contributed by atoms with van der Waals surface area (Å²) in [5.74, 6) is 1.35. The summed E-state index contributed by atoms with van der Waals surface area (Å²) in [5.41, 5.74) is 7.56. The maximum atomic E-state index is 9.09. The summed E-state index contributed by atoms with van der Waals surface area (Å²) < 4.78 is 0. The van der Waals surface area contributed by atoms with Gasteiger partial charge in [0.15, 0.2) is 0 Å². The Balaban J connectivity index is 2.08. The monoisotopic (exact) mass is 222 g/mol. The zero-order chi connectivity index (χ0) is 11.0. The maximum absolute atomic E-state index is 9.09. The molecule has 0 aromatic carbocycles. The number of hydrogen-bond acceptors (Lipinski definition) is 3. The molecule has 1 saturated carbocycles. The van der Waals surface area contributed by atoms with Gasteiger partial charge in [-0.25, -0.2) is 0 Å². The van der Waals surface area contributed by atoms with Gasteiger partial charge in [-0.1, -0.05) is 18.6 Å². The highest BCUT2D eigenvalue weighted by molar-refractivity contribution is 8.00. The second-order valence-corrected chi connectivity index (χ2v) is 6.07. The molecule has 82 valence electrons. The van der Waals surface area contributed by atoms with Gasteiger partial charge in [0.25, 0.3) is 0 Å². The van der Waals surface area contributed by atoms with Crippen LogP contribution in [0.5, 0.6) is 0 Å². The van der Waals surface area contributed by atoms with Crippen LogP contribution in [0, 0.1) is 29.1 Å². The molecule has 1 aliphatic heterocycles. The summed E-state index contributed by atoms with van der Waals surface area (Å²) in [4.78, 5) is 0. The third kappa shape index (κ3) is 2.07. The fourth-order valence-corrected chi connectivity index (χ4v) is 4.18. The first-order valence-corrected chi connectivity index (χ1v) is 6.57. The molecule has 15 heavy (non-hydrogen) atoms. The molecule has 0 amide bonds. The summed E-state index contributed by atoms with van der Waals surface area (Å²) in [6, 6.07) is 2.42. The standard InChI is InChI=1S/C12H18N2S/c1-3-8-4-10(8)12-7(2)9(6-13)5-11(14)15-12/h3,7,9-12H,4-5,14H2,1-2H3/b8-3-. The van der Waals surface area contributed by atoms with Crippen molar-refractivity contribution in [1.29, 1.82) is 5.26 Å². The van der Waals surface area contributed by atoms with Crippen molar-refractivity contribution in [3.8, 4) is 6.07 Å². The fourth-order valence-electron chi connectivity index (χ4n) is 2.56. The highest BCUT2D eigenvalue weighted by atomic mass is 32.2. The van der Waals surface area contributed by atoms with Crippen molar-refractivity contribution >= 4 is 11.8 Å². The fraction of sp³-hybridized carbons (Fsp3) is 0.750. The number of hydrogen-bond donors (Lipinski definition) is 1. The van der Waals surface area contributed by atoms with E-state index in [4.69, 9.17) is 11.0 Å². The molecule has 1 aliphatic carbocycles. The van der Waals surface area contributed by atoms with Crippen molar-refractivity contribution in [2.24, 2.45) is 23.5 Å². The maximum Gasteiger partial charge on any atom is 0.0659 e. The van der Waals surface area contributed by atoms with Crippen LogP contribution in [0.1, 0.15) is 26.7 Å². The van der Waals surface area contributed by atoms with E-state index in [2.05, 4.69) is 26.0 Å². The lowest BCUT2D eigenvalue weighted by atomic mass is 9.86. The minimum Gasteiger partial charge on any atom is -0.319 e. The minimum absolute atomic E-state index is 0.157. The van der Waals surface area contributed by atoms with E-state index in [1.54, 1.807) is 5.57 Å². The Morgan fingerprint density at radius 2 is 2.33 bits per heavy atom. The van der Waals surface area contributed by atoms with Gasteiger partial charge < -0.3 is 5.73 Å². The molecule has 0 aromatic rings. The molecule has 1 heterocycles. The number of rotatable bonds is 1. The van der Waals surface area contributed by atoms with Crippen LogP contribution in [0.25, 0.3) is 0 Å². The van der Waals surface area contributed by atoms with Gasteiger partial charge in [0.1, 0.15) is 0 Å². The normalized spacial score (nSPS) is 47.6. The molecule has 5 unspecified atom stereocenters. The first kappa shape index (κ1) is 11.0. The zero-order valence-corrected chi connectivity index (χ0v) is 10.1. The first-order valence-electron chi connectivity index (χ1n) is 5.63. The number of nitrogens with zero attached hydrogens (tertiary/aromatic N) is 1. The third-order valence-electron chi connectivity index (χ3n) is 3.68. The van der Waals surface area contributed by atoms with Gasteiger partial charge in [0.05, 0.1) is 17.4 Å². The highest BCUT2D eigenvalue weighted by Crippen LogP contribution is 2.52. The molecule has 2 aliphatic rings. The summed E-state index contributed by atoms with van der Waals surface area (Å²) in [5, 5.41) is 9.83. The molecule has 2 rings (SSSR count). The lowest BCUT2D eigenvalue weighted by molar-refractivity contribution is 0.364. The largest absolute Gasteiger partial charge is 0.319 e. The smallest absolute Gasteiger partial charge is 0.0659 e. The molecule has 0 aromatic heterocycles. The molecule has 3 heteroatoms. The van der Waals surface area contributed by atoms with Gasteiger partial charge in [-0.05, 0) is 31.6 Å². The molecular weight excluding hydrogens is 204 g/mol. The minimum atomic E-state index is 0.157. The van der Waals surface area contributed by atoms with Gasteiger partial charge in [0, 0.05) is 5.25 Å². The average molecular weight is 222 g/mol. The molecule has 0 radical (unpaired) electrons. The van der Waals surface area contributed by atoms with Crippen LogP contribution < -0.4 is 5.73 Å². The van der Waals surface area contributed by atoms with E-state index in [-0.39, 0.29) is 11.3 Å². The number of thioether (sulfide) groups is 1. The molecule has 2 N–H and O–H groups in total. The lowest BCUT2D eigenvalue weighted by Crippen LogP contribution is -2.37. The highest BCUT2D eigenvalue weighted by Gasteiger charge is 2.45. The number of allylic oxidation sites excluding steroid dienone is 2. The van der Waals surface area contributed by atoms with Gasteiger partial charge in [-0.3, -0.25) is 0 Å². The van der Waals surface area contributed by atoms with E-state index in [0.717, 1.165) is 6.42 Å². The van der Waals surface area contributed by atoms with Gasteiger partial charge in [0.2, 0.25) is 0 Å².